The minimum atomic E-state index is -0.952. The molecule has 0 radical (unpaired) electrons. The van der Waals surface area contributed by atoms with Gasteiger partial charge in [0, 0.05) is 0 Å². The number of rotatable bonds is 3. The molecule has 0 aliphatic heterocycles. The van der Waals surface area contributed by atoms with Gasteiger partial charge in [0.2, 0.25) is 0 Å². The summed E-state index contributed by atoms with van der Waals surface area (Å²) < 4.78 is 29.8. The first kappa shape index (κ1) is 13.5. The molecule has 1 aromatic rings. The third kappa shape index (κ3) is 4.06. The summed E-state index contributed by atoms with van der Waals surface area (Å²) in [6.07, 6.45) is -0.0367. The van der Waals surface area contributed by atoms with Crippen LogP contribution in [0.1, 0.15) is 19.9 Å². The number of benzene rings is 1. The molecule has 0 unspecified atom stereocenters. The molecule has 0 N–H and O–H groups in total. The lowest BCUT2D eigenvalue weighted by Gasteiger charge is -2.02. The molecule has 0 bridgehead atoms. The van der Waals surface area contributed by atoms with Gasteiger partial charge in [-0.1, -0.05) is 13.5 Å². The Morgan fingerprint density at radius 3 is 2.53 bits per heavy atom. The minimum absolute atomic E-state index is 0. The third-order valence-electron chi connectivity index (χ3n) is 1.64. The van der Waals surface area contributed by atoms with Gasteiger partial charge >= 0.3 is 5.97 Å². The zero-order valence-corrected chi connectivity index (χ0v) is 7.72. The maximum Gasteiger partial charge on any atom is 0.310 e. The zero-order chi connectivity index (χ0) is 10.6. The van der Waals surface area contributed by atoms with E-state index in [0.29, 0.717) is 5.56 Å². The van der Waals surface area contributed by atoms with Gasteiger partial charge in [-0.2, -0.15) is 0 Å². The Bertz CT molecular complexity index is 337. The van der Waals surface area contributed by atoms with E-state index in [1.165, 1.54) is 6.07 Å². The Morgan fingerprint density at radius 1 is 1.33 bits per heavy atom. The van der Waals surface area contributed by atoms with Gasteiger partial charge in [0.15, 0.2) is 11.6 Å². The predicted octanol–water partition coefficient (Wildman–Crippen LogP) is 2.71. The van der Waals surface area contributed by atoms with Gasteiger partial charge in [-0.25, -0.2) is 8.78 Å². The van der Waals surface area contributed by atoms with Crippen molar-refractivity contribution in [1.29, 1.82) is 0 Å². The van der Waals surface area contributed by atoms with Crippen molar-refractivity contribution in [3.05, 3.63) is 35.4 Å². The van der Waals surface area contributed by atoms with E-state index in [1.54, 1.807) is 6.92 Å². The quantitative estimate of drug-likeness (QED) is 0.726. The molecular formula is C11H14F2O2. The molecule has 0 aliphatic carbocycles. The van der Waals surface area contributed by atoms with Crippen molar-refractivity contribution < 1.29 is 18.3 Å². The van der Waals surface area contributed by atoms with Crippen LogP contribution in [0.25, 0.3) is 0 Å². The highest BCUT2D eigenvalue weighted by atomic mass is 19.2. The van der Waals surface area contributed by atoms with Gasteiger partial charge in [-0.05, 0) is 24.6 Å². The molecule has 0 spiro atoms. The monoisotopic (exact) mass is 216 g/mol. The van der Waals surface area contributed by atoms with Crippen molar-refractivity contribution in [2.75, 3.05) is 6.61 Å². The summed E-state index contributed by atoms with van der Waals surface area (Å²) in [6.45, 7) is 1.96. The molecule has 0 aromatic heterocycles. The average molecular weight is 216 g/mol. The van der Waals surface area contributed by atoms with Crippen LogP contribution in [-0.2, 0) is 16.0 Å². The summed E-state index contributed by atoms with van der Waals surface area (Å²) in [5, 5.41) is 0. The van der Waals surface area contributed by atoms with Crippen LogP contribution in [0.15, 0.2) is 18.2 Å². The molecule has 0 atom stereocenters. The van der Waals surface area contributed by atoms with E-state index in [1.807, 2.05) is 0 Å². The third-order valence-corrected chi connectivity index (χ3v) is 1.64. The van der Waals surface area contributed by atoms with Crippen molar-refractivity contribution in [1.82, 2.24) is 0 Å². The van der Waals surface area contributed by atoms with Crippen molar-refractivity contribution in [2.24, 2.45) is 0 Å². The van der Waals surface area contributed by atoms with E-state index < -0.39 is 17.6 Å². The highest BCUT2D eigenvalue weighted by Gasteiger charge is 2.07. The number of hydrogen-bond donors (Lipinski definition) is 0. The largest absolute Gasteiger partial charge is 0.466 e. The second-order valence-corrected chi connectivity index (χ2v) is 2.73. The number of carbonyl (C=O) groups excluding carboxylic acids is 1. The summed E-state index contributed by atoms with van der Waals surface area (Å²) in [6, 6.07) is 3.34. The van der Waals surface area contributed by atoms with Crippen molar-refractivity contribution in [3.8, 4) is 0 Å². The molecule has 2 nitrogen and oxygen atoms in total. The maximum absolute atomic E-state index is 12.7. The van der Waals surface area contributed by atoms with Crippen molar-refractivity contribution in [2.45, 2.75) is 20.8 Å². The molecule has 0 saturated carbocycles. The standard InChI is InChI=1S/C10H10F2O2.CH4/c1-2-14-10(13)6-7-3-4-8(11)9(12)5-7;/h3-5H,2,6H2,1H3;1H4. The first-order valence-corrected chi connectivity index (χ1v) is 4.23. The number of ether oxygens (including phenoxy) is 1. The van der Waals surface area contributed by atoms with Crippen LogP contribution >= 0.6 is 0 Å². The van der Waals surface area contributed by atoms with E-state index in [4.69, 9.17) is 0 Å². The van der Waals surface area contributed by atoms with Crippen LogP contribution in [0.5, 0.6) is 0 Å². The normalized spacial score (nSPS) is 9.27. The summed E-state index contributed by atoms with van der Waals surface area (Å²) in [4.78, 5) is 11.0. The van der Waals surface area contributed by atoms with Crippen LogP contribution < -0.4 is 0 Å². The lowest BCUT2D eigenvalue weighted by molar-refractivity contribution is -0.142. The van der Waals surface area contributed by atoms with E-state index >= 15 is 0 Å². The van der Waals surface area contributed by atoms with Gasteiger partial charge in [0.05, 0.1) is 13.0 Å². The van der Waals surface area contributed by atoms with E-state index in [0.717, 1.165) is 12.1 Å². The highest BCUT2D eigenvalue weighted by Crippen LogP contribution is 2.09. The Balaban J connectivity index is 0.00000196. The topological polar surface area (TPSA) is 26.3 Å². The number of esters is 1. The fourth-order valence-electron chi connectivity index (χ4n) is 1.03. The molecule has 0 fully saturated rings. The predicted molar refractivity (Wildman–Crippen MR) is 53.4 cm³/mol. The molecule has 0 saturated heterocycles. The summed E-state index contributed by atoms with van der Waals surface area (Å²) in [5.74, 6) is -2.32. The molecule has 0 heterocycles. The van der Waals surface area contributed by atoms with Crippen LogP contribution in [0.4, 0.5) is 8.78 Å². The fourth-order valence-corrected chi connectivity index (χ4v) is 1.03. The van der Waals surface area contributed by atoms with Crippen LogP contribution in [0.3, 0.4) is 0 Å². The Morgan fingerprint density at radius 2 is 2.00 bits per heavy atom. The Labute approximate surface area is 87.9 Å². The highest BCUT2D eigenvalue weighted by molar-refractivity contribution is 5.72. The summed E-state index contributed by atoms with van der Waals surface area (Å²) in [5.41, 5.74) is 0.405. The molecule has 0 amide bonds. The Hall–Kier alpha value is -1.45. The van der Waals surface area contributed by atoms with Gasteiger partial charge in [0.1, 0.15) is 0 Å². The first-order chi connectivity index (χ1) is 6.63. The molecule has 15 heavy (non-hydrogen) atoms. The average Bonchev–Trinajstić information content (AvgIpc) is 2.12. The second kappa shape index (κ2) is 6.11. The number of halogens is 2. The smallest absolute Gasteiger partial charge is 0.310 e. The van der Waals surface area contributed by atoms with Gasteiger partial charge in [-0.15, -0.1) is 0 Å². The van der Waals surface area contributed by atoms with E-state index in [-0.39, 0.29) is 20.5 Å². The second-order valence-electron chi connectivity index (χ2n) is 2.73. The fraction of sp³-hybridized carbons (Fsp3) is 0.364. The van der Waals surface area contributed by atoms with Gasteiger partial charge in [0.25, 0.3) is 0 Å². The summed E-state index contributed by atoms with van der Waals surface area (Å²) in [7, 11) is 0. The molecule has 1 rings (SSSR count). The van der Waals surface area contributed by atoms with Crippen LogP contribution in [0.2, 0.25) is 0 Å². The van der Waals surface area contributed by atoms with Crippen molar-refractivity contribution in [3.63, 3.8) is 0 Å². The Kier molecular flexibility index (Phi) is 5.52. The minimum Gasteiger partial charge on any atom is -0.466 e. The molecule has 84 valence electrons. The van der Waals surface area contributed by atoms with Crippen molar-refractivity contribution >= 4 is 5.97 Å². The van der Waals surface area contributed by atoms with E-state index in [9.17, 15) is 13.6 Å². The van der Waals surface area contributed by atoms with Gasteiger partial charge in [-0.3, -0.25) is 4.79 Å². The maximum atomic E-state index is 12.7. The molecular weight excluding hydrogens is 202 g/mol. The SMILES string of the molecule is C.CCOC(=O)Cc1ccc(F)c(F)c1. The van der Waals surface area contributed by atoms with E-state index in [2.05, 4.69) is 4.74 Å². The lowest BCUT2D eigenvalue weighted by Crippen LogP contribution is -2.07. The lowest BCUT2D eigenvalue weighted by atomic mass is 10.1. The first-order valence-electron chi connectivity index (χ1n) is 4.23. The number of carbonyl (C=O) groups is 1. The van der Waals surface area contributed by atoms with Gasteiger partial charge < -0.3 is 4.74 Å². The zero-order valence-electron chi connectivity index (χ0n) is 7.72. The van der Waals surface area contributed by atoms with Crippen LogP contribution in [-0.4, -0.2) is 12.6 Å². The van der Waals surface area contributed by atoms with Crippen LogP contribution in [0, 0.1) is 11.6 Å². The molecule has 0 aliphatic rings. The molecule has 1 aromatic carbocycles. The number of hydrogen-bond acceptors (Lipinski definition) is 2. The summed E-state index contributed by atoms with van der Waals surface area (Å²) >= 11 is 0. The molecule has 4 heteroatoms.